The molecule has 0 spiro atoms. The zero-order chi connectivity index (χ0) is 16.9. The van der Waals surface area contributed by atoms with Crippen molar-refractivity contribution in [2.45, 2.75) is 32.7 Å². The molecule has 1 N–H and O–H groups in total. The molecular formula is C21H23N2O+. The summed E-state index contributed by atoms with van der Waals surface area (Å²) in [4.78, 5) is 0. The lowest BCUT2D eigenvalue weighted by Gasteiger charge is -2.09. The van der Waals surface area contributed by atoms with Crippen LogP contribution in [0.15, 0.2) is 59.5 Å². The van der Waals surface area contributed by atoms with Crippen LogP contribution in [0.1, 0.15) is 38.3 Å². The molecule has 0 saturated heterocycles. The molecule has 0 aliphatic rings. The lowest BCUT2D eigenvalue weighted by Crippen LogP contribution is -2.28. The Morgan fingerprint density at radius 1 is 1.21 bits per heavy atom. The van der Waals surface area contributed by atoms with Gasteiger partial charge in [0.25, 0.3) is 0 Å². The Morgan fingerprint density at radius 2 is 2.00 bits per heavy atom. The summed E-state index contributed by atoms with van der Waals surface area (Å²) in [5.74, 6) is 0.941. The van der Waals surface area contributed by atoms with E-state index in [0.717, 1.165) is 40.6 Å². The molecule has 0 radical (unpaired) electrons. The monoisotopic (exact) mass is 319 g/mol. The minimum Gasteiger partial charge on any atom is -0.456 e. The number of amidine groups is 1. The van der Waals surface area contributed by atoms with Gasteiger partial charge in [0, 0.05) is 17.2 Å². The molecule has 3 heteroatoms. The van der Waals surface area contributed by atoms with Crippen molar-refractivity contribution in [3.8, 4) is 0 Å². The summed E-state index contributed by atoms with van der Waals surface area (Å²) in [5, 5.41) is 5.80. The molecular weight excluding hydrogens is 296 g/mol. The third-order valence-corrected chi connectivity index (χ3v) is 4.05. The van der Waals surface area contributed by atoms with Crippen LogP contribution in [0.4, 0.5) is 0 Å². The zero-order valence-electron chi connectivity index (χ0n) is 14.3. The van der Waals surface area contributed by atoms with Gasteiger partial charge >= 0.3 is 5.84 Å². The molecule has 1 aromatic heterocycles. The van der Waals surface area contributed by atoms with Gasteiger partial charge in [0.15, 0.2) is 6.21 Å². The van der Waals surface area contributed by atoms with Crippen LogP contribution >= 0.6 is 0 Å². The summed E-state index contributed by atoms with van der Waals surface area (Å²) >= 11 is 0. The molecule has 0 aliphatic carbocycles. The van der Waals surface area contributed by atoms with Crippen LogP contribution in [-0.2, 0) is 0 Å². The number of rotatable bonds is 5. The first kappa shape index (κ1) is 16.1. The number of hydrogen-bond acceptors (Lipinski definition) is 1. The summed E-state index contributed by atoms with van der Waals surface area (Å²) in [6.45, 7) is 8.04. The summed E-state index contributed by atoms with van der Waals surface area (Å²) in [7, 11) is 0. The first-order valence-corrected chi connectivity index (χ1v) is 8.40. The fraction of sp³-hybridized carbons (Fsp3) is 0.238. The number of nitrogens with zero attached hydrogens (tertiary/aromatic N) is 1. The van der Waals surface area contributed by atoms with Crippen LogP contribution in [0.2, 0.25) is 0 Å². The third-order valence-electron chi connectivity index (χ3n) is 4.05. The van der Waals surface area contributed by atoms with E-state index in [1.807, 2.05) is 36.6 Å². The molecule has 24 heavy (non-hydrogen) atoms. The third kappa shape index (κ3) is 3.27. The zero-order valence-corrected chi connectivity index (χ0v) is 14.3. The van der Waals surface area contributed by atoms with Gasteiger partial charge in [-0.3, -0.25) is 5.32 Å². The van der Waals surface area contributed by atoms with E-state index in [0.29, 0.717) is 0 Å². The molecule has 0 fully saturated rings. The van der Waals surface area contributed by atoms with Crippen molar-refractivity contribution >= 4 is 34.0 Å². The number of fused-ring (bicyclic) bond motifs is 3. The van der Waals surface area contributed by atoms with Crippen LogP contribution in [-0.4, -0.2) is 12.1 Å². The molecule has 1 atom stereocenters. The number of para-hydroxylation sites is 1. The quantitative estimate of drug-likeness (QED) is 0.319. The predicted octanol–water partition coefficient (Wildman–Crippen LogP) is 4.76. The molecule has 3 nitrogen and oxygen atoms in total. The molecule has 0 amide bonds. The Hall–Kier alpha value is -2.77. The van der Waals surface area contributed by atoms with E-state index in [-0.39, 0.29) is 6.04 Å². The van der Waals surface area contributed by atoms with Gasteiger partial charge in [-0.05, 0) is 30.7 Å². The second kappa shape index (κ2) is 7.20. The second-order valence-corrected chi connectivity index (χ2v) is 5.88. The second-order valence-electron chi connectivity index (χ2n) is 5.88. The maximum Gasteiger partial charge on any atom is 0.346 e. The highest BCUT2D eigenvalue weighted by Crippen LogP contribution is 2.30. The Bertz CT molecular complexity index is 929. The molecule has 3 aromatic rings. The highest BCUT2D eigenvalue weighted by molar-refractivity contribution is 6.05. The lowest BCUT2D eigenvalue weighted by molar-refractivity contribution is 0.667. The molecule has 0 aliphatic heterocycles. The maximum atomic E-state index is 5.90. The molecule has 0 saturated carbocycles. The first-order chi connectivity index (χ1) is 11.7. The molecule has 122 valence electrons. The SMILES string of the molecule is C=CCC(=[N+]=CCC)NC(C)c1ccc2oc3ccccc3c2c1. The van der Waals surface area contributed by atoms with E-state index >= 15 is 0 Å². The minimum atomic E-state index is 0.159. The van der Waals surface area contributed by atoms with Gasteiger partial charge in [-0.1, -0.05) is 37.3 Å². The fourth-order valence-corrected chi connectivity index (χ4v) is 2.83. The summed E-state index contributed by atoms with van der Waals surface area (Å²) in [5.41, 5.74) is 3.06. The van der Waals surface area contributed by atoms with E-state index in [4.69, 9.17) is 4.42 Å². The molecule has 3 rings (SSSR count). The largest absolute Gasteiger partial charge is 0.456 e. The van der Waals surface area contributed by atoms with E-state index in [1.54, 1.807) is 0 Å². The molecule has 1 unspecified atom stereocenters. The van der Waals surface area contributed by atoms with Crippen LogP contribution in [0.3, 0.4) is 0 Å². The smallest absolute Gasteiger partial charge is 0.346 e. The van der Waals surface area contributed by atoms with Crippen molar-refractivity contribution in [1.82, 2.24) is 9.98 Å². The topological polar surface area (TPSA) is 39.3 Å². The average Bonchev–Trinajstić information content (AvgIpc) is 2.97. The van der Waals surface area contributed by atoms with Crippen LogP contribution < -0.4 is 9.98 Å². The number of nitrogens with one attached hydrogen (secondary N) is 1. The van der Waals surface area contributed by atoms with E-state index < -0.39 is 0 Å². The van der Waals surface area contributed by atoms with Gasteiger partial charge in [0.2, 0.25) is 0 Å². The van der Waals surface area contributed by atoms with E-state index in [9.17, 15) is 0 Å². The number of benzene rings is 2. The van der Waals surface area contributed by atoms with Crippen LogP contribution in [0.25, 0.3) is 21.9 Å². The number of hydrogen-bond donors (Lipinski definition) is 1. The van der Waals surface area contributed by atoms with Crippen molar-refractivity contribution in [3.05, 3.63) is 60.7 Å². The van der Waals surface area contributed by atoms with Gasteiger partial charge in [-0.2, -0.15) is 0 Å². The van der Waals surface area contributed by atoms with Gasteiger partial charge in [-0.25, -0.2) is 4.67 Å². The van der Waals surface area contributed by atoms with Crippen molar-refractivity contribution in [3.63, 3.8) is 0 Å². The van der Waals surface area contributed by atoms with Gasteiger partial charge in [0.1, 0.15) is 17.2 Å². The fourth-order valence-electron chi connectivity index (χ4n) is 2.83. The maximum absolute atomic E-state index is 5.90. The molecule has 0 bridgehead atoms. The molecule has 1 heterocycles. The summed E-state index contributed by atoms with van der Waals surface area (Å²) < 4.78 is 10.4. The van der Waals surface area contributed by atoms with Crippen molar-refractivity contribution in [1.29, 1.82) is 0 Å². The van der Waals surface area contributed by atoms with E-state index in [1.165, 1.54) is 5.56 Å². The van der Waals surface area contributed by atoms with Crippen molar-refractivity contribution in [2.24, 2.45) is 0 Å². The van der Waals surface area contributed by atoms with E-state index in [2.05, 4.69) is 48.6 Å². The summed E-state index contributed by atoms with van der Waals surface area (Å²) in [6, 6.07) is 14.7. The number of furan rings is 1. The van der Waals surface area contributed by atoms with Gasteiger partial charge in [-0.15, -0.1) is 6.58 Å². The van der Waals surface area contributed by atoms with Gasteiger partial charge < -0.3 is 4.42 Å². The Kier molecular flexibility index (Phi) is 4.83. The Balaban J connectivity index is 1.94. The van der Waals surface area contributed by atoms with Crippen molar-refractivity contribution in [2.75, 3.05) is 0 Å². The Labute approximate surface area is 142 Å². The van der Waals surface area contributed by atoms with Crippen LogP contribution in [0, 0.1) is 0 Å². The summed E-state index contributed by atoms with van der Waals surface area (Å²) in [6.07, 6.45) is 5.45. The lowest BCUT2D eigenvalue weighted by atomic mass is 10.0. The first-order valence-electron chi connectivity index (χ1n) is 8.40. The average molecular weight is 319 g/mol. The molecule has 2 aromatic carbocycles. The van der Waals surface area contributed by atoms with Gasteiger partial charge in [0.05, 0.1) is 6.42 Å². The standard InChI is InChI=1S/C21H22N2O/c1-4-8-21(22-13-5-2)23-15(3)16-11-12-20-18(14-16)17-9-6-7-10-19(17)24-20/h4,6-7,9-15H,1,5,8H2,2-3H3/p+1. The normalized spacial score (nSPS) is 11.9. The van der Waals surface area contributed by atoms with Crippen molar-refractivity contribution < 1.29 is 4.42 Å². The Morgan fingerprint density at radius 3 is 2.79 bits per heavy atom. The highest BCUT2D eigenvalue weighted by atomic mass is 16.3. The highest BCUT2D eigenvalue weighted by Gasteiger charge is 2.16. The predicted molar refractivity (Wildman–Crippen MR) is 104 cm³/mol. The van der Waals surface area contributed by atoms with Crippen LogP contribution in [0.5, 0.6) is 0 Å². The minimum absolute atomic E-state index is 0.159.